The third-order valence-electron chi connectivity index (χ3n) is 2.45. The Morgan fingerprint density at radius 3 is 2.56 bits per heavy atom. The molecule has 0 saturated carbocycles. The van der Waals surface area contributed by atoms with Crippen LogP contribution in [-0.4, -0.2) is 36.4 Å². The van der Waals surface area contributed by atoms with Crippen LogP contribution in [0.1, 0.15) is 19.4 Å². The Labute approximate surface area is 108 Å². The van der Waals surface area contributed by atoms with Crippen LogP contribution in [0.2, 0.25) is 0 Å². The van der Waals surface area contributed by atoms with E-state index in [-0.39, 0.29) is 31.3 Å². The Balaban J connectivity index is 2.36. The van der Waals surface area contributed by atoms with Gasteiger partial charge in [0, 0.05) is 6.04 Å². The lowest BCUT2D eigenvalue weighted by Gasteiger charge is -2.16. The summed E-state index contributed by atoms with van der Waals surface area (Å²) in [5.41, 5.74) is 1.13. The summed E-state index contributed by atoms with van der Waals surface area (Å²) in [6.07, 6.45) is 0.577. The third kappa shape index (κ3) is 5.80. The monoisotopic (exact) mass is 251 g/mol. The summed E-state index contributed by atoms with van der Waals surface area (Å²) in [5, 5.41) is 12.3. The largest absolute Gasteiger partial charge is 0.462 e. The summed E-state index contributed by atoms with van der Waals surface area (Å²) in [6, 6.07) is 9.72. The topological polar surface area (TPSA) is 58.6 Å². The first-order valence-corrected chi connectivity index (χ1v) is 6.19. The van der Waals surface area contributed by atoms with E-state index in [1.165, 1.54) is 0 Å². The van der Waals surface area contributed by atoms with Crippen molar-refractivity contribution in [2.45, 2.75) is 32.4 Å². The fourth-order valence-corrected chi connectivity index (χ4v) is 1.63. The molecule has 1 atom stereocenters. The molecule has 18 heavy (non-hydrogen) atoms. The maximum absolute atomic E-state index is 11.4. The fraction of sp³-hybridized carbons (Fsp3) is 0.500. The van der Waals surface area contributed by atoms with Gasteiger partial charge in [0.15, 0.2) is 0 Å². The number of aliphatic hydroxyl groups is 1. The van der Waals surface area contributed by atoms with Crippen LogP contribution in [0.5, 0.6) is 0 Å². The standard InChI is InChI=1S/C14H21NO3/c1-11(2)18-14(17)9-15-13(10-16)8-12-6-4-3-5-7-12/h3-7,11,13,15-16H,8-10H2,1-2H3. The van der Waals surface area contributed by atoms with Crippen LogP contribution in [0.3, 0.4) is 0 Å². The maximum Gasteiger partial charge on any atom is 0.320 e. The van der Waals surface area contributed by atoms with Gasteiger partial charge < -0.3 is 15.2 Å². The summed E-state index contributed by atoms with van der Waals surface area (Å²) in [4.78, 5) is 11.4. The summed E-state index contributed by atoms with van der Waals surface area (Å²) in [5.74, 6) is -0.295. The minimum atomic E-state index is -0.295. The van der Waals surface area contributed by atoms with Gasteiger partial charge in [-0.25, -0.2) is 0 Å². The van der Waals surface area contributed by atoms with Gasteiger partial charge in [0.05, 0.1) is 19.3 Å². The minimum Gasteiger partial charge on any atom is -0.462 e. The van der Waals surface area contributed by atoms with E-state index in [1.54, 1.807) is 0 Å². The molecule has 0 fully saturated rings. The Bertz CT molecular complexity index is 351. The number of rotatable bonds is 7. The smallest absolute Gasteiger partial charge is 0.320 e. The summed E-state index contributed by atoms with van der Waals surface area (Å²) in [7, 11) is 0. The second kappa shape index (κ2) is 7.84. The van der Waals surface area contributed by atoms with Crippen LogP contribution >= 0.6 is 0 Å². The minimum absolute atomic E-state index is 0.0101. The number of carbonyl (C=O) groups is 1. The number of hydrogen-bond donors (Lipinski definition) is 2. The van der Waals surface area contributed by atoms with Crippen molar-refractivity contribution in [2.75, 3.05) is 13.2 Å². The lowest BCUT2D eigenvalue weighted by Crippen LogP contribution is -2.39. The molecule has 4 heteroatoms. The number of nitrogens with one attached hydrogen (secondary N) is 1. The van der Waals surface area contributed by atoms with Crippen LogP contribution in [-0.2, 0) is 16.0 Å². The van der Waals surface area contributed by atoms with Gasteiger partial charge in [0.2, 0.25) is 0 Å². The van der Waals surface area contributed by atoms with Crippen molar-refractivity contribution < 1.29 is 14.6 Å². The zero-order chi connectivity index (χ0) is 13.4. The van der Waals surface area contributed by atoms with E-state index in [4.69, 9.17) is 4.74 Å². The molecule has 0 heterocycles. The molecule has 0 aliphatic carbocycles. The SMILES string of the molecule is CC(C)OC(=O)CNC(CO)Cc1ccccc1. The molecule has 4 nitrogen and oxygen atoms in total. The number of esters is 1. The maximum atomic E-state index is 11.4. The van der Waals surface area contributed by atoms with Crippen LogP contribution < -0.4 is 5.32 Å². The molecule has 1 aromatic rings. The molecule has 1 rings (SSSR count). The molecule has 0 bridgehead atoms. The molecular weight excluding hydrogens is 230 g/mol. The van der Waals surface area contributed by atoms with Gasteiger partial charge >= 0.3 is 5.97 Å². The molecule has 0 aliphatic rings. The van der Waals surface area contributed by atoms with Crippen molar-refractivity contribution in [3.8, 4) is 0 Å². The molecule has 0 aromatic heterocycles. The van der Waals surface area contributed by atoms with Crippen LogP contribution in [0.4, 0.5) is 0 Å². The highest BCUT2D eigenvalue weighted by Gasteiger charge is 2.11. The van der Waals surface area contributed by atoms with Crippen molar-refractivity contribution in [3.05, 3.63) is 35.9 Å². The Morgan fingerprint density at radius 2 is 2.00 bits per heavy atom. The number of ether oxygens (including phenoxy) is 1. The molecule has 1 aromatic carbocycles. The van der Waals surface area contributed by atoms with Crippen molar-refractivity contribution in [2.24, 2.45) is 0 Å². The van der Waals surface area contributed by atoms with Crippen LogP contribution in [0.25, 0.3) is 0 Å². The Kier molecular flexibility index (Phi) is 6.39. The highest BCUT2D eigenvalue weighted by atomic mass is 16.5. The fourth-order valence-electron chi connectivity index (χ4n) is 1.63. The van der Waals surface area contributed by atoms with Crippen LogP contribution in [0, 0.1) is 0 Å². The molecule has 0 amide bonds. The third-order valence-corrected chi connectivity index (χ3v) is 2.45. The number of carbonyl (C=O) groups excluding carboxylic acids is 1. The molecule has 0 saturated heterocycles. The first-order chi connectivity index (χ1) is 8.61. The first-order valence-electron chi connectivity index (χ1n) is 6.19. The molecule has 2 N–H and O–H groups in total. The van der Waals surface area contributed by atoms with Gasteiger partial charge in [-0.15, -0.1) is 0 Å². The highest BCUT2D eigenvalue weighted by molar-refractivity contribution is 5.71. The number of benzene rings is 1. The predicted octanol–water partition coefficient (Wildman–Crippen LogP) is 1.13. The van der Waals surface area contributed by atoms with Gasteiger partial charge in [-0.3, -0.25) is 4.79 Å². The van der Waals surface area contributed by atoms with E-state index in [9.17, 15) is 9.90 Å². The van der Waals surface area contributed by atoms with Crippen molar-refractivity contribution in [3.63, 3.8) is 0 Å². The average molecular weight is 251 g/mol. The van der Waals surface area contributed by atoms with Crippen molar-refractivity contribution in [1.82, 2.24) is 5.32 Å². The highest BCUT2D eigenvalue weighted by Crippen LogP contribution is 2.02. The summed E-state index contributed by atoms with van der Waals surface area (Å²) >= 11 is 0. The van der Waals surface area contributed by atoms with E-state index in [1.807, 2.05) is 44.2 Å². The second-order valence-electron chi connectivity index (χ2n) is 4.49. The van der Waals surface area contributed by atoms with Crippen molar-refractivity contribution in [1.29, 1.82) is 0 Å². The van der Waals surface area contributed by atoms with Gasteiger partial charge in [-0.1, -0.05) is 30.3 Å². The summed E-state index contributed by atoms with van der Waals surface area (Å²) in [6.45, 7) is 3.73. The lowest BCUT2D eigenvalue weighted by atomic mass is 10.1. The van der Waals surface area contributed by atoms with Gasteiger partial charge in [-0.05, 0) is 25.8 Å². The predicted molar refractivity (Wildman–Crippen MR) is 70.3 cm³/mol. The second-order valence-corrected chi connectivity index (χ2v) is 4.49. The van der Waals surface area contributed by atoms with E-state index in [0.717, 1.165) is 5.56 Å². The molecule has 100 valence electrons. The Morgan fingerprint density at radius 1 is 1.33 bits per heavy atom. The molecule has 0 spiro atoms. The normalized spacial score (nSPS) is 12.4. The number of hydrogen-bond acceptors (Lipinski definition) is 4. The van der Waals surface area contributed by atoms with E-state index in [0.29, 0.717) is 6.42 Å². The van der Waals surface area contributed by atoms with E-state index >= 15 is 0 Å². The Hall–Kier alpha value is -1.39. The van der Waals surface area contributed by atoms with Crippen molar-refractivity contribution >= 4 is 5.97 Å². The molecular formula is C14H21NO3. The molecule has 0 radical (unpaired) electrons. The number of aliphatic hydroxyl groups excluding tert-OH is 1. The average Bonchev–Trinajstić information content (AvgIpc) is 2.35. The first kappa shape index (κ1) is 14.7. The van der Waals surface area contributed by atoms with Gasteiger partial charge in [-0.2, -0.15) is 0 Å². The molecule has 1 unspecified atom stereocenters. The van der Waals surface area contributed by atoms with E-state index < -0.39 is 0 Å². The zero-order valence-electron chi connectivity index (χ0n) is 10.9. The van der Waals surface area contributed by atoms with Gasteiger partial charge in [0.25, 0.3) is 0 Å². The van der Waals surface area contributed by atoms with Gasteiger partial charge in [0.1, 0.15) is 0 Å². The lowest BCUT2D eigenvalue weighted by molar-refractivity contribution is -0.146. The zero-order valence-corrected chi connectivity index (χ0v) is 10.9. The quantitative estimate of drug-likeness (QED) is 0.713. The molecule has 0 aliphatic heterocycles. The van der Waals surface area contributed by atoms with Crippen LogP contribution in [0.15, 0.2) is 30.3 Å². The van der Waals surface area contributed by atoms with E-state index in [2.05, 4.69) is 5.32 Å². The summed E-state index contributed by atoms with van der Waals surface area (Å²) < 4.78 is 5.01.